The van der Waals surface area contributed by atoms with E-state index in [9.17, 15) is 9.36 Å². The maximum atomic E-state index is 11.5. The van der Waals surface area contributed by atoms with Crippen LogP contribution in [0, 0.1) is 0 Å². The van der Waals surface area contributed by atoms with E-state index in [4.69, 9.17) is 16.6 Å². The van der Waals surface area contributed by atoms with Gasteiger partial charge in [0.25, 0.3) is 11.8 Å². The van der Waals surface area contributed by atoms with E-state index in [0.717, 1.165) is 0 Å². The van der Waals surface area contributed by atoms with Gasteiger partial charge in [-0.1, -0.05) is 16.8 Å². The fourth-order valence-electron chi connectivity index (χ4n) is 1.18. The van der Waals surface area contributed by atoms with E-state index in [1.807, 2.05) is 5.43 Å². The summed E-state index contributed by atoms with van der Waals surface area (Å²) in [5, 5.41) is 3.19. The Morgan fingerprint density at radius 1 is 1.35 bits per heavy atom. The van der Waals surface area contributed by atoms with Gasteiger partial charge in [0, 0.05) is 0 Å². The summed E-state index contributed by atoms with van der Waals surface area (Å²) in [6.07, 6.45) is 0. The predicted molar refractivity (Wildman–Crippen MR) is 66.1 cm³/mol. The Labute approximate surface area is 112 Å². The van der Waals surface area contributed by atoms with Crippen LogP contribution in [0.4, 0.5) is 0 Å². The van der Waals surface area contributed by atoms with Crippen LogP contribution in [0.25, 0.3) is 0 Å². The largest absolute Gasteiger partial charge is 0.524 e. The van der Waals surface area contributed by atoms with Crippen molar-refractivity contribution in [3.05, 3.63) is 35.4 Å². The predicted octanol–water partition coefficient (Wildman–Crippen LogP) is -1.15. The molecular formula is C8H12N5O6P. The van der Waals surface area contributed by atoms with E-state index >= 15 is 0 Å². The molecule has 0 saturated carbocycles. The Balaban J connectivity index is 3.03. The minimum atomic E-state index is -4.61. The number of carbonyl (C=O) groups excluding carboxylic acids is 1. The molecule has 20 heavy (non-hydrogen) atoms. The molecule has 1 atom stereocenters. The van der Waals surface area contributed by atoms with Crippen molar-refractivity contribution in [2.24, 2.45) is 22.7 Å². The third-order valence-corrected chi connectivity index (χ3v) is 2.52. The first-order chi connectivity index (χ1) is 9.45. The molecule has 11 nitrogen and oxygen atoms in total. The zero-order valence-electron chi connectivity index (χ0n) is 9.92. The molecule has 12 heteroatoms. The van der Waals surface area contributed by atoms with E-state index in [2.05, 4.69) is 25.2 Å². The number of carbonyl (C=O) groups is 1. The number of amides is 1. The molecule has 8 N–H and O–H groups in total. The van der Waals surface area contributed by atoms with E-state index < -0.39 is 19.6 Å². The number of hydrogen-bond acceptors (Lipinski definition) is 9. The van der Waals surface area contributed by atoms with Gasteiger partial charge in [0.05, 0.1) is 11.1 Å². The molecule has 0 aliphatic rings. The Morgan fingerprint density at radius 2 is 1.95 bits per heavy atom. The summed E-state index contributed by atoms with van der Waals surface area (Å²) in [6, 6.07) is 5.87. The molecule has 0 fully saturated rings. The van der Waals surface area contributed by atoms with Crippen molar-refractivity contribution in [2.75, 3.05) is 0 Å². The van der Waals surface area contributed by atoms with Gasteiger partial charge in [0.15, 0.2) is 0 Å². The average Bonchev–Trinajstić information content (AvgIpc) is 2.47. The molecule has 0 aromatic heterocycles. The van der Waals surface area contributed by atoms with Gasteiger partial charge in [0.2, 0.25) is 0 Å². The fraction of sp³-hybridized carbons (Fsp3) is 0. The number of nitrogens with zero attached hydrogens (tertiary/aromatic N) is 1. The number of hydrazone groups is 1. The number of nitrogen functional groups attached to an aromatic ring is 1. The van der Waals surface area contributed by atoms with Crippen LogP contribution in [0.1, 0.15) is 15.9 Å². The highest BCUT2D eigenvalue weighted by Crippen LogP contribution is 2.41. The highest BCUT2D eigenvalue weighted by Gasteiger charge is 2.25. The Kier molecular flexibility index (Phi) is 5.58. The van der Waals surface area contributed by atoms with Gasteiger partial charge in [-0.05, 0) is 12.1 Å². The topological polar surface area (TPSA) is 185 Å². The number of rotatable bonds is 5. The quantitative estimate of drug-likeness (QED) is 0.0851. The van der Waals surface area contributed by atoms with Crippen molar-refractivity contribution in [3.8, 4) is 0 Å². The summed E-state index contributed by atoms with van der Waals surface area (Å²) in [4.78, 5) is 24.9. The zero-order valence-corrected chi connectivity index (χ0v) is 10.8. The Hall–Kier alpha value is -2.01. The van der Waals surface area contributed by atoms with E-state index in [0.29, 0.717) is 0 Å². The molecule has 0 radical (unpaired) electrons. The molecule has 0 spiro atoms. The van der Waals surface area contributed by atoms with Crippen molar-refractivity contribution in [1.29, 1.82) is 0 Å². The van der Waals surface area contributed by atoms with Gasteiger partial charge in [-0.2, -0.15) is 4.62 Å². The lowest BCUT2D eigenvalue weighted by molar-refractivity contribution is -0.142. The third kappa shape index (κ3) is 3.99. The molecule has 110 valence electrons. The Bertz CT molecular complexity index is 564. The summed E-state index contributed by atoms with van der Waals surface area (Å²) in [7, 11) is -4.61. The summed E-state index contributed by atoms with van der Waals surface area (Å²) in [5.41, 5.74) is 2.01. The van der Waals surface area contributed by atoms with Gasteiger partial charge in [-0.15, -0.1) is 5.10 Å². The van der Waals surface area contributed by atoms with Crippen molar-refractivity contribution in [2.45, 2.75) is 0 Å². The maximum Gasteiger partial charge on any atom is 0.524 e. The van der Waals surface area contributed by atoms with Crippen LogP contribution in [-0.4, -0.2) is 16.7 Å². The number of hydrazine groups is 1. The number of benzene rings is 1. The number of nitrogens with two attached hydrogens (primary N) is 3. The van der Waals surface area contributed by atoms with E-state index in [1.54, 1.807) is 6.07 Å². The molecule has 0 aliphatic heterocycles. The molecule has 0 aliphatic carbocycles. The monoisotopic (exact) mass is 305 g/mol. The highest BCUT2D eigenvalue weighted by molar-refractivity contribution is 7.47. The SMILES string of the molecule is NN=C(OOP(=O)(O)ON)c1ccccc1C(=O)NN. The molecule has 0 bridgehead atoms. The van der Waals surface area contributed by atoms with Crippen molar-refractivity contribution in [1.82, 2.24) is 5.43 Å². The normalized spacial score (nSPS) is 14.4. The standard InChI is InChI=1S/C8H12N5O6P/c9-12-7(14)5-3-1-2-4-6(5)8(13-10)17-19-20(15,16)18-11/h1-4H,9-11H2,(H,12,14)(H,15,16). The van der Waals surface area contributed by atoms with Gasteiger partial charge < -0.3 is 10.7 Å². The first-order valence-corrected chi connectivity index (χ1v) is 6.40. The van der Waals surface area contributed by atoms with Crippen LogP contribution in [0.3, 0.4) is 0 Å². The Morgan fingerprint density at radius 3 is 2.45 bits per heavy atom. The van der Waals surface area contributed by atoms with Crippen LogP contribution < -0.4 is 23.0 Å². The van der Waals surface area contributed by atoms with Crippen molar-refractivity contribution in [3.63, 3.8) is 0 Å². The zero-order chi connectivity index (χ0) is 15.2. The van der Waals surface area contributed by atoms with Crippen LogP contribution in [0.15, 0.2) is 29.4 Å². The molecule has 1 rings (SSSR count). The fourth-order valence-corrected chi connectivity index (χ4v) is 1.38. The van der Waals surface area contributed by atoms with Gasteiger partial charge in [0.1, 0.15) is 0 Å². The molecule has 1 aromatic carbocycles. The lowest BCUT2D eigenvalue weighted by Crippen LogP contribution is -2.31. The molecule has 0 heterocycles. The van der Waals surface area contributed by atoms with Crippen LogP contribution in [0.2, 0.25) is 0 Å². The van der Waals surface area contributed by atoms with Gasteiger partial charge >= 0.3 is 7.82 Å². The lowest BCUT2D eigenvalue weighted by atomic mass is 10.1. The number of nitrogens with one attached hydrogen (secondary N) is 1. The molecular weight excluding hydrogens is 293 g/mol. The summed E-state index contributed by atoms with van der Waals surface area (Å²) in [5.74, 6) is 13.5. The van der Waals surface area contributed by atoms with Gasteiger partial charge in [-0.25, -0.2) is 16.3 Å². The first-order valence-electron chi connectivity index (χ1n) is 4.91. The minimum absolute atomic E-state index is 0.0456. The minimum Gasteiger partial charge on any atom is -0.320 e. The number of hydrogen-bond donors (Lipinski definition) is 5. The van der Waals surface area contributed by atoms with E-state index in [-0.39, 0.29) is 11.1 Å². The third-order valence-electron chi connectivity index (χ3n) is 1.99. The van der Waals surface area contributed by atoms with Crippen LogP contribution >= 0.6 is 7.82 Å². The van der Waals surface area contributed by atoms with Crippen molar-refractivity contribution >= 4 is 19.6 Å². The lowest BCUT2D eigenvalue weighted by Gasteiger charge is -2.11. The van der Waals surface area contributed by atoms with Crippen LogP contribution in [0.5, 0.6) is 0 Å². The second-order valence-corrected chi connectivity index (χ2v) is 4.48. The van der Waals surface area contributed by atoms with Crippen molar-refractivity contribution < 1.29 is 28.4 Å². The second-order valence-electron chi connectivity index (χ2n) is 3.19. The summed E-state index contributed by atoms with van der Waals surface area (Å²) < 4.78 is 18.7. The smallest absolute Gasteiger partial charge is 0.320 e. The average molecular weight is 305 g/mol. The molecule has 1 unspecified atom stereocenters. The highest BCUT2D eigenvalue weighted by atomic mass is 31.2. The first kappa shape index (κ1) is 16.0. The molecule has 1 amide bonds. The van der Waals surface area contributed by atoms with E-state index in [1.165, 1.54) is 18.2 Å². The maximum absolute atomic E-state index is 11.5. The molecule has 1 aromatic rings. The second kappa shape index (κ2) is 6.96. The van der Waals surface area contributed by atoms with Gasteiger partial charge in [-0.3, -0.25) is 15.1 Å². The number of phosphoric acid groups is 1. The van der Waals surface area contributed by atoms with Crippen LogP contribution in [-0.2, 0) is 18.8 Å². The molecule has 0 saturated heterocycles. The summed E-state index contributed by atoms with van der Waals surface area (Å²) >= 11 is 0. The summed E-state index contributed by atoms with van der Waals surface area (Å²) in [6.45, 7) is 0.